The van der Waals surface area contributed by atoms with Crippen LogP contribution in [0.1, 0.15) is 56.0 Å². The third-order valence-corrected chi connectivity index (χ3v) is 4.48. The van der Waals surface area contributed by atoms with Crippen LogP contribution < -0.4 is 15.0 Å². The van der Waals surface area contributed by atoms with Gasteiger partial charge < -0.3 is 20.1 Å². The quantitative estimate of drug-likeness (QED) is 0.561. The zero-order valence-electron chi connectivity index (χ0n) is 17.4. The summed E-state index contributed by atoms with van der Waals surface area (Å²) in [6.07, 6.45) is 2.43. The number of carboxylic acid groups (broad SMARTS) is 1. The number of carbonyl (C=O) groups is 2. The number of nitrogens with one attached hydrogen (secondary N) is 1. The molecule has 0 heterocycles. The summed E-state index contributed by atoms with van der Waals surface area (Å²) in [6, 6.07) is 12.9. The summed E-state index contributed by atoms with van der Waals surface area (Å²) in [5.74, 6) is -0.577. The molecule has 0 aliphatic rings. The van der Waals surface area contributed by atoms with Crippen molar-refractivity contribution in [1.82, 2.24) is 0 Å². The van der Waals surface area contributed by atoms with Crippen LogP contribution in [0.5, 0.6) is 5.75 Å². The third-order valence-electron chi connectivity index (χ3n) is 4.48. The molecule has 2 aromatic rings. The van der Waals surface area contributed by atoms with Crippen molar-refractivity contribution in [2.45, 2.75) is 46.6 Å². The zero-order valence-corrected chi connectivity index (χ0v) is 17.4. The number of benzene rings is 2. The number of amides is 1. The first-order valence-corrected chi connectivity index (χ1v) is 10.1. The van der Waals surface area contributed by atoms with Crippen LogP contribution in [0.25, 0.3) is 0 Å². The molecular formula is C23H30N2O4. The maximum Gasteiger partial charge on any atom is 0.337 e. The van der Waals surface area contributed by atoms with E-state index in [1.807, 2.05) is 18.2 Å². The molecule has 0 fully saturated rings. The summed E-state index contributed by atoms with van der Waals surface area (Å²) in [5, 5.41) is 12.1. The Morgan fingerprint density at radius 3 is 2.38 bits per heavy atom. The van der Waals surface area contributed by atoms with E-state index in [4.69, 9.17) is 4.74 Å². The lowest BCUT2D eigenvalue weighted by Gasteiger charge is -2.24. The Morgan fingerprint density at radius 1 is 1.03 bits per heavy atom. The monoisotopic (exact) mass is 398 g/mol. The Labute approximate surface area is 172 Å². The van der Waals surface area contributed by atoms with Gasteiger partial charge in [0.15, 0.2) is 0 Å². The largest absolute Gasteiger partial charge is 0.489 e. The smallest absolute Gasteiger partial charge is 0.337 e. The molecule has 0 aliphatic carbocycles. The van der Waals surface area contributed by atoms with Crippen molar-refractivity contribution in [3.8, 4) is 5.75 Å². The minimum absolute atomic E-state index is 0.0544. The molecule has 2 rings (SSSR count). The molecule has 0 bridgehead atoms. The number of anilines is 2. The topological polar surface area (TPSA) is 78.9 Å². The van der Waals surface area contributed by atoms with Crippen LogP contribution >= 0.6 is 0 Å². The molecule has 1 amide bonds. The van der Waals surface area contributed by atoms with E-state index in [1.54, 1.807) is 19.1 Å². The molecule has 29 heavy (non-hydrogen) atoms. The predicted molar refractivity (Wildman–Crippen MR) is 116 cm³/mol. The SMILES string of the molecule is CCCN(CCC)c1cccc(OCc2ccc(NC(=O)CC)c(C(=O)O)c2)c1. The maximum absolute atomic E-state index is 11.6. The van der Waals surface area contributed by atoms with E-state index >= 15 is 0 Å². The lowest BCUT2D eigenvalue weighted by atomic mass is 10.1. The van der Waals surface area contributed by atoms with Crippen LogP contribution in [0, 0.1) is 0 Å². The van der Waals surface area contributed by atoms with E-state index in [1.165, 1.54) is 6.07 Å². The number of carbonyl (C=O) groups excluding carboxylic acids is 1. The van der Waals surface area contributed by atoms with Crippen LogP contribution in [-0.4, -0.2) is 30.1 Å². The summed E-state index contributed by atoms with van der Waals surface area (Å²) in [7, 11) is 0. The van der Waals surface area contributed by atoms with E-state index in [2.05, 4.69) is 30.1 Å². The van der Waals surface area contributed by atoms with E-state index in [9.17, 15) is 14.7 Å². The highest BCUT2D eigenvalue weighted by Gasteiger charge is 2.13. The van der Waals surface area contributed by atoms with Gasteiger partial charge in [0.1, 0.15) is 12.4 Å². The average molecular weight is 399 g/mol. The molecule has 0 atom stereocenters. The fourth-order valence-corrected chi connectivity index (χ4v) is 3.05. The van der Waals surface area contributed by atoms with Crippen molar-refractivity contribution in [2.75, 3.05) is 23.3 Å². The van der Waals surface area contributed by atoms with Crippen molar-refractivity contribution in [1.29, 1.82) is 0 Å². The average Bonchev–Trinajstić information content (AvgIpc) is 2.72. The highest BCUT2D eigenvalue weighted by atomic mass is 16.5. The summed E-state index contributed by atoms with van der Waals surface area (Å²) in [4.78, 5) is 25.5. The molecule has 6 nitrogen and oxygen atoms in total. The highest BCUT2D eigenvalue weighted by molar-refractivity contribution is 6.00. The minimum Gasteiger partial charge on any atom is -0.489 e. The first-order valence-electron chi connectivity index (χ1n) is 10.1. The van der Waals surface area contributed by atoms with E-state index in [-0.39, 0.29) is 24.5 Å². The Kier molecular flexibility index (Phi) is 8.52. The standard InChI is InChI=1S/C23H30N2O4/c1-4-12-25(13-5-2)18-8-7-9-19(15-18)29-16-17-10-11-21(24-22(26)6-3)20(14-17)23(27)28/h7-11,14-15H,4-6,12-13,16H2,1-3H3,(H,24,26)(H,27,28). The molecule has 0 unspecified atom stereocenters. The van der Waals surface area contributed by atoms with Gasteiger partial charge >= 0.3 is 5.97 Å². The van der Waals surface area contributed by atoms with Gasteiger partial charge in [-0.05, 0) is 42.7 Å². The zero-order chi connectivity index (χ0) is 21.2. The summed E-state index contributed by atoms with van der Waals surface area (Å²) in [5.41, 5.74) is 2.19. The van der Waals surface area contributed by atoms with Gasteiger partial charge in [0, 0.05) is 31.3 Å². The summed E-state index contributed by atoms with van der Waals surface area (Å²) < 4.78 is 5.91. The number of hydrogen-bond acceptors (Lipinski definition) is 4. The van der Waals surface area contributed by atoms with Crippen molar-refractivity contribution in [3.05, 3.63) is 53.6 Å². The Bertz CT molecular complexity index is 829. The van der Waals surface area contributed by atoms with E-state index in [0.29, 0.717) is 5.69 Å². The highest BCUT2D eigenvalue weighted by Crippen LogP contribution is 2.24. The van der Waals surface area contributed by atoms with Gasteiger partial charge in [0.05, 0.1) is 11.3 Å². The first kappa shape index (κ1) is 22.3. The number of aromatic carboxylic acids is 1. The lowest BCUT2D eigenvalue weighted by molar-refractivity contribution is -0.115. The molecule has 0 radical (unpaired) electrons. The fourth-order valence-electron chi connectivity index (χ4n) is 3.05. The predicted octanol–water partition coefficient (Wildman–Crippen LogP) is 4.94. The summed E-state index contributed by atoms with van der Waals surface area (Å²) >= 11 is 0. The molecule has 0 spiro atoms. The molecule has 0 aliphatic heterocycles. The van der Waals surface area contributed by atoms with Gasteiger partial charge in [-0.15, -0.1) is 0 Å². The van der Waals surface area contributed by atoms with Crippen molar-refractivity contribution in [3.63, 3.8) is 0 Å². The molecule has 0 saturated carbocycles. The maximum atomic E-state index is 11.6. The minimum atomic E-state index is -1.09. The number of nitrogens with zero attached hydrogens (tertiary/aromatic N) is 1. The van der Waals surface area contributed by atoms with Crippen LogP contribution in [0.4, 0.5) is 11.4 Å². The lowest BCUT2D eigenvalue weighted by Crippen LogP contribution is -2.24. The molecule has 0 aromatic heterocycles. The van der Waals surface area contributed by atoms with E-state index < -0.39 is 5.97 Å². The second-order valence-corrected chi connectivity index (χ2v) is 6.86. The molecule has 2 aromatic carbocycles. The number of ether oxygens (including phenoxy) is 1. The first-order chi connectivity index (χ1) is 14.0. The molecule has 2 N–H and O–H groups in total. The second kappa shape index (κ2) is 11.1. The van der Waals surface area contributed by atoms with E-state index in [0.717, 1.165) is 42.9 Å². The summed E-state index contributed by atoms with van der Waals surface area (Å²) in [6.45, 7) is 8.27. The van der Waals surface area contributed by atoms with Gasteiger partial charge in [0.25, 0.3) is 0 Å². The van der Waals surface area contributed by atoms with Crippen LogP contribution in [0.2, 0.25) is 0 Å². The molecule has 6 heteroatoms. The molecule has 156 valence electrons. The Balaban J connectivity index is 2.13. The Hall–Kier alpha value is -3.02. The van der Waals surface area contributed by atoms with Crippen LogP contribution in [-0.2, 0) is 11.4 Å². The normalized spacial score (nSPS) is 10.4. The van der Waals surface area contributed by atoms with Gasteiger partial charge in [-0.2, -0.15) is 0 Å². The van der Waals surface area contributed by atoms with Crippen molar-refractivity contribution >= 4 is 23.3 Å². The second-order valence-electron chi connectivity index (χ2n) is 6.86. The van der Waals surface area contributed by atoms with Crippen LogP contribution in [0.3, 0.4) is 0 Å². The third kappa shape index (κ3) is 6.52. The molecular weight excluding hydrogens is 368 g/mol. The van der Waals surface area contributed by atoms with Gasteiger partial charge in [-0.25, -0.2) is 4.79 Å². The number of carboxylic acids is 1. The van der Waals surface area contributed by atoms with Crippen molar-refractivity contribution < 1.29 is 19.4 Å². The number of hydrogen-bond donors (Lipinski definition) is 2. The van der Waals surface area contributed by atoms with Gasteiger partial charge in [-0.1, -0.05) is 32.9 Å². The number of rotatable bonds is 11. The molecule has 0 saturated heterocycles. The van der Waals surface area contributed by atoms with Crippen molar-refractivity contribution in [2.24, 2.45) is 0 Å². The fraction of sp³-hybridized carbons (Fsp3) is 0.391. The van der Waals surface area contributed by atoms with Gasteiger partial charge in [0.2, 0.25) is 5.91 Å². The van der Waals surface area contributed by atoms with Gasteiger partial charge in [-0.3, -0.25) is 4.79 Å². The Morgan fingerprint density at radius 2 is 1.76 bits per heavy atom. The van der Waals surface area contributed by atoms with Crippen LogP contribution in [0.15, 0.2) is 42.5 Å².